The summed E-state index contributed by atoms with van der Waals surface area (Å²) in [6.07, 6.45) is 0. The summed E-state index contributed by atoms with van der Waals surface area (Å²) in [5.41, 5.74) is 0.538. The van der Waals surface area contributed by atoms with E-state index >= 15 is 0 Å². The van der Waals surface area contributed by atoms with Crippen molar-refractivity contribution in [1.29, 1.82) is 0 Å². The molecule has 0 N–H and O–H groups in total. The van der Waals surface area contributed by atoms with Crippen molar-refractivity contribution in [3.8, 4) is 11.5 Å². The summed E-state index contributed by atoms with van der Waals surface area (Å²) < 4.78 is 30.1. The molecule has 0 saturated heterocycles. The second-order valence-corrected chi connectivity index (χ2v) is 6.33. The molecule has 146 valence electrons. The molecule has 0 unspecified atom stereocenters. The largest absolute Gasteiger partial charge is 0.489 e. The van der Waals surface area contributed by atoms with Gasteiger partial charge in [-0.2, -0.15) is 0 Å². The van der Waals surface area contributed by atoms with Gasteiger partial charge in [-0.25, -0.2) is 14.2 Å². The molecule has 4 rings (SSSR count). The van der Waals surface area contributed by atoms with Crippen molar-refractivity contribution in [2.24, 2.45) is 0 Å². The highest BCUT2D eigenvalue weighted by Crippen LogP contribution is 2.28. The lowest BCUT2D eigenvalue weighted by Crippen LogP contribution is -2.11. The molecule has 1 aromatic heterocycles. The van der Waals surface area contributed by atoms with Crippen molar-refractivity contribution in [2.75, 3.05) is 20.3 Å². The van der Waals surface area contributed by atoms with Gasteiger partial charge in [0.25, 0.3) is 0 Å². The maximum atomic E-state index is 13.7. The summed E-state index contributed by atoms with van der Waals surface area (Å²) in [5, 5.41) is 2.58. The molecule has 0 bridgehead atoms. The van der Waals surface area contributed by atoms with Gasteiger partial charge < -0.3 is 14.2 Å². The Morgan fingerprint density at radius 3 is 2.48 bits per heavy atom. The van der Waals surface area contributed by atoms with Crippen molar-refractivity contribution in [3.05, 3.63) is 78.2 Å². The van der Waals surface area contributed by atoms with E-state index in [0.29, 0.717) is 16.7 Å². The maximum Gasteiger partial charge on any atom is 0.356 e. The second-order valence-electron chi connectivity index (χ2n) is 6.33. The number of carbonyl (C=O) groups excluding carboxylic acids is 1. The SMILES string of the molecule is COC(=O)c1cc(OCCOc2cccc3ccccc23)c2cc(F)ccc2n1. The van der Waals surface area contributed by atoms with Crippen LogP contribution in [0.4, 0.5) is 4.39 Å². The molecule has 4 aromatic rings. The summed E-state index contributed by atoms with van der Waals surface area (Å²) >= 11 is 0. The first-order valence-electron chi connectivity index (χ1n) is 9.08. The van der Waals surface area contributed by atoms with Gasteiger partial charge in [-0.1, -0.05) is 36.4 Å². The lowest BCUT2D eigenvalue weighted by Gasteiger charge is -2.13. The molecule has 0 atom stereocenters. The first-order chi connectivity index (χ1) is 14.2. The number of hydrogen-bond donors (Lipinski definition) is 0. The van der Waals surface area contributed by atoms with E-state index in [9.17, 15) is 9.18 Å². The van der Waals surface area contributed by atoms with Crippen LogP contribution in [0.15, 0.2) is 66.7 Å². The van der Waals surface area contributed by atoms with Crippen LogP contribution in [0, 0.1) is 5.82 Å². The molecule has 0 saturated carbocycles. The third kappa shape index (κ3) is 3.96. The third-order valence-corrected chi connectivity index (χ3v) is 4.48. The number of rotatable bonds is 6. The van der Waals surface area contributed by atoms with Crippen LogP contribution in [-0.4, -0.2) is 31.3 Å². The Morgan fingerprint density at radius 2 is 1.66 bits per heavy atom. The van der Waals surface area contributed by atoms with Crippen LogP contribution in [-0.2, 0) is 4.74 Å². The van der Waals surface area contributed by atoms with Crippen molar-refractivity contribution >= 4 is 27.6 Å². The molecular formula is C23H18FNO4. The number of benzene rings is 3. The van der Waals surface area contributed by atoms with E-state index in [1.807, 2.05) is 42.5 Å². The average molecular weight is 391 g/mol. The smallest absolute Gasteiger partial charge is 0.356 e. The van der Waals surface area contributed by atoms with Gasteiger partial charge in [0.05, 0.1) is 12.6 Å². The van der Waals surface area contributed by atoms with E-state index in [1.54, 1.807) is 0 Å². The quantitative estimate of drug-likeness (QED) is 0.350. The van der Waals surface area contributed by atoms with E-state index in [2.05, 4.69) is 4.98 Å². The van der Waals surface area contributed by atoms with Gasteiger partial charge in [-0.15, -0.1) is 0 Å². The molecule has 6 heteroatoms. The number of methoxy groups -OCH3 is 1. The highest BCUT2D eigenvalue weighted by Gasteiger charge is 2.14. The number of carbonyl (C=O) groups is 1. The van der Waals surface area contributed by atoms with Crippen molar-refractivity contribution in [3.63, 3.8) is 0 Å². The van der Waals surface area contributed by atoms with Gasteiger partial charge >= 0.3 is 5.97 Å². The van der Waals surface area contributed by atoms with Crippen LogP contribution in [0.25, 0.3) is 21.7 Å². The predicted molar refractivity (Wildman–Crippen MR) is 108 cm³/mol. The van der Waals surface area contributed by atoms with Crippen molar-refractivity contribution < 1.29 is 23.4 Å². The minimum Gasteiger partial charge on any atom is -0.489 e. The number of pyridine rings is 1. The standard InChI is InChI=1S/C23H18FNO4/c1-27-23(26)20-14-22(18-13-16(24)9-10-19(18)25-20)29-12-11-28-21-8-4-6-15-5-2-3-7-17(15)21/h2-10,13-14H,11-12H2,1H3. The molecule has 29 heavy (non-hydrogen) atoms. The Balaban J connectivity index is 1.53. The number of halogens is 1. The Bertz CT molecular complexity index is 1190. The first-order valence-corrected chi connectivity index (χ1v) is 9.08. The number of aromatic nitrogens is 1. The van der Waals surface area contributed by atoms with Gasteiger partial charge in [-0.3, -0.25) is 0 Å². The van der Waals surface area contributed by atoms with Crippen LogP contribution in [0.3, 0.4) is 0 Å². The van der Waals surface area contributed by atoms with Gasteiger partial charge in [-0.05, 0) is 29.7 Å². The molecule has 0 radical (unpaired) electrons. The van der Waals surface area contributed by atoms with Gasteiger partial charge in [0.1, 0.15) is 30.5 Å². The van der Waals surface area contributed by atoms with E-state index in [-0.39, 0.29) is 18.9 Å². The Kier molecular flexibility index (Phi) is 5.24. The molecule has 0 aliphatic carbocycles. The highest BCUT2D eigenvalue weighted by molar-refractivity contribution is 5.94. The number of ether oxygens (including phenoxy) is 3. The number of hydrogen-bond acceptors (Lipinski definition) is 5. The molecule has 0 spiro atoms. The Labute approximate surface area is 166 Å². The Morgan fingerprint density at radius 1 is 0.897 bits per heavy atom. The zero-order valence-electron chi connectivity index (χ0n) is 15.7. The maximum absolute atomic E-state index is 13.7. The second kappa shape index (κ2) is 8.14. The van der Waals surface area contributed by atoms with E-state index in [4.69, 9.17) is 14.2 Å². The average Bonchev–Trinajstić information content (AvgIpc) is 2.76. The first kappa shape index (κ1) is 18.7. The third-order valence-electron chi connectivity index (χ3n) is 4.48. The number of fused-ring (bicyclic) bond motifs is 2. The van der Waals surface area contributed by atoms with Gasteiger partial charge in [0.15, 0.2) is 5.69 Å². The highest BCUT2D eigenvalue weighted by atomic mass is 19.1. The fraction of sp³-hybridized carbons (Fsp3) is 0.130. The zero-order chi connectivity index (χ0) is 20.2. The molecule has 0 aliphatic rings. The predicted octanol–water partition coefficient (Wildman–Crippen LogP) is 4.77. The topological polar surface area (TPSA) is 57.7 Å². The Hall–Kier alpha value is -3.67. The fourth-order valence-electron chi connectivity index (χ4n) is 3.12. The van der Waals surface area contributed by atoms with Gasteiger partial charge in [0, 0.05) is 16.8 Å². The summed E-state index contributed by atoms with van der Waals surface area (Å²) in [4.78, 5) is 16.1. The number of esters is 1. The lowest BCUT2D eigenvalue weighted by atomic mass is 10.1. The summed E-state index contributed by atoms with van der Waals surface area (Å²) in [5.74, 6) is 0.0963. The molecule has 1 heterocycles. The molecular weight excluding hydrogens is 373 g/mol. The van der Waals surface area contributed by atoms with Crippen LogP contribution in [0.1, 0.15) is 10.5 Å². The minimum atomic E-state index is -0.590. The molecule has 0 aliphatic heterocycles. The van der Waals surface area contributed by atoms with Crippen LogP contribution >= 0.6 is 0 Å². The van der Waals surface area contributed by atoms with E-state index in [1.165, 1.54) is 31.4 Å². The van der Waals surface area contributed by atoms with Gasteiger partial charge in [0.2, 0.25) is 0 Å². The van der Waals surface area contributed by atoms with Crippen molar-refractivity contribution in [1.82, 2.24) is 4.98 Å². The van der Waals surface area contributed by atoms with E-state index < -0.39 is 11.8 Å². The lowest BCUT2D eigenvalue weighted by molar-refractivity contribution is 0.0594. The monoisotopic (exact) mass is 391 g/mol. The normalized spacial score (nSPS) is 10.8. The summed E-state index contributed by atoms with van der Waals surface area (Å²) in [7, 11) is 1.28. The van der Waals surface area contributed by atoms with Crippen LogP contribution in [0.5, 0.6) is 11.5 Å². The van der Waals surface area contributed by atoms with E-state index in [0.717, 1.165) is 16.5 Å². The molecule has 0 amide bonds. The fourth-order valence-corrected chi connectivity index (χ4v) is 3.12. The van der Waals surface area contributed by atoms with Crippen LogP contribution < -0.4 is 9.47 Å². The summed E-state index contributed by atoms with van der Waals surface area (Å²) in [6, 6.07) is 19.3. The summed E-state index contributed by atoms with van der Waals surface area (Å²) in [6.45, 7) is 0.486. The molecule has 3 aromatic carbocycles. The van der Waals surface area contributed by atoms with Crippen LogP contribution in [0.2, 0.25) is 0 Å². The molecule has 5 nitrogen and oxygen atoms in total. The number of nitrogens with zero attached hydrogens (tertiary/aromatic N) is 1. The minimum absolute atomic E-state index is 0.0941. The zero-order valence-corrected chi connectivity index (χ0v) is 15.7. The van der Waals surface area contributed by atoms with Crippen molar-refractivity contribution in [2.45, 2.75) is 0 Å². The molecule has 0 fully saturated rings.